The monoisotopic (exact) mass is 467 g/mol. The van der Waals surface area contributed by atoms with E-state index in [4.69, 9.17) is 0 Å². The van der Waals surface area contributed by atoms with Crippen molar-refractivity contribution in [3.63, 3.8) is 0 Å². The van der Waals surface area contributed by atoms with Crippen molar-refractivity contribution in [2.24, 2.45) is 0 Å². The zero-order chi connectivity index (χ0) is 22.6. The SMILES string of the molecule is O=[N+]([O-])c1ccc2nc(-c3ccccc3)sc2c1.c1ccc(-c2nc3ccccc3s2)cc1. The first-order valence-corrected chi connectivity index (χ1v) is 11.8. The Bertz CT molecular complexity index is 1510. The van der Waals surface area contributed by atoms with Gasteiger partial charge in [-0.05, 0) is 18.2 Å². The van der Waals surface area contributed by atoms with Crippen LogP contribution in [0.25, 0.3) is 41.6 Å². The Labute approximate surface area is 197 Å². The highest BCUT2D eigenvalue weighted by Crippen LogP contribution is 2.32. The van der Waals surface area contributed by atoms with E-state index in [0.29, 0.717) is 0 Å². The van der Waals surface area contributed by atoms with Crippen molar-refractivity contribution in [2.75, 3.05) is 0 Å². The standard InChI is InChI=1S/C13H8N2O2S.C13H9NS/c16-15(17)10-6-7-11-12(8-10)18-13(14-11)9-4-2-1-3-5-9;1-2-6-10(7-3-1)13-14-11-8-4-5-9-12(11)15-13/h1-8H;1-9H. The van der Waals surface area contributed by atoms with Gasteiger partial charge in [-0.3, -0.25) is 10.1 Å². The zero-order valence-electron chi connectivity index (χ0n) is 17.3. The van der Waals surface area contributed by atoms with E-state index in [-0.39, 0.29) is 10.6 Å². The summed E-state index contributed by atoms with van der Waals surface area (Å²) in [5.41, 5.74) is 4.21. The minimum absolute atomic E-state index is 0.103. The van der Waals surface area contributed by atoms with Gasteiger partial charge in [0.25, 0.3) is 5.69 Å². The first kappa shape index (κ1) is 20.9. The maximum Gasteiger partial charge on any atom is 0.270 e. The van der Waals surface area contributed by atoms with E-state index in [1.54, 1.807) is 23.5 Å². The molecule has 6 rings (SSSR count). The molecule has 33 heavy (non-hydrogen) atoms. The molecule has 0 saturated heterocycles. The minimum Gasteiger partial charge on any atom is -0.258 e. The first-order chi connectivity index (χ1) is 16.2. The molecular weight excluding hydrogens is 450 g/mol. The van der Waals surface area contributed by atoms with Gasteiger partial charge in [-0.25, -0.2) is 9.97 Å². The Balaban J connectivity index is 0.000000140. The maximum atomic E-state index is 10.7. The van der Waals surface area contributed by atoms with Gasteiger partial charge in [-0.15, -0.1) is 22.7 Å². The van der Waals surface area contributed by atoms with E-state index >= 15 is 0 Å². The molecule has 0 atom stereocenters. The molecule has 0 unspecified atom stereocenters. The second-order valence-corrected chi connectivity index (χ2v) is 9.21. The van der Waals surface area contributed by atoms with Crippen LogP contribution in [0.1, 0.15) is 0 Å². The average Bonchev–Trinajstić information content (AvgIpc) is 3.49. The number of hydrogen-bond donors (Lipinski definition) is 0. The molecule has 6 aromatic rings. The topological polar surface area (TPSA) is 68.9 Å². The number of nitrogens with zero attached hydrogens (tertiary/aromatic N) is 3. The third-order valence-corrected chi connectivity index (χ3v) is 7.07. The molecule has 0 aliphatic rings. The summed E-state index contributed by atoms with van der Waals surface area (Å²) in [4.78, 5) is 19.4. The van der Waals surface area contributed by atoms with Gasteiger partial charge in [0.05, 0.1) is 25.4 Å². The molecule has 160 valence electrons. The van der Waals surface area contributed by atoms with Gasteiger partial charge in [-0.1, -0.05) is 72.8 Å². The van der Waals surface area contributed by atoms with E-state index in [9.17, 15) is 10.1 Å². The number of non-ortho nitro benzene ring substituents is 1. The molecule has 0 aliphatic carbocycles. The van der Waals surface area contributed by atoms with E-state index in [2.05, 4.69) is 40.3 Å². The molecule has 0 fully saturated rings. The van der Waals surface area contributed by atoms with Crippen molar-refractivity contribution in [2.45, 2.75) is 0 Å². The summed E-state index contributed by atoms with van der Waals surface area (Å²) in [5, 5.41) is 12.7. The second kappa shape index (κ2) is 9.28. The number of thiazole rings is 2. The average molecular weight is 468 g/mol. The van der Waals surface area contributed by atoms with Gasteiger partial charge in [0, 0.05) is 23.3 Å². The summed E-state index contributed by atoms with van der Waals surface area (Å²) in [5.74, 6) is 0. The number of rotatable bonds is 3. The number of nitro benzene ring substituents is 1. The molecule has 0 spiro atoms. The van der Waals surface area contributed by atoms with Crippen molar-refractivity contribution in [3.05, 3.63) is 113 Å². The summed E-state index contributed by atoms with van der Waals surface area (Å²) in [6.07, 6.45) is 0. The fraction of sp³-hybridized carbons (Fsp3) is 0. The van der Waals surface area contributed by atoms with Crippen LogP contribution in [0.5, 0.6) is 0 Å². The molecule has 0 radical (unpaired) electrons. The Kier molecular flexibility index (Phi) is 5.89. The Morgan fingerprint density at radius 3 is 1.70 bits per heavy atom. The highest BCUT2D eigenvalue weighted by atomic mass is 32.1. The van der Waals surface area contributed by atoms with Crippen LogP contribution in [-0.4, -0.2) is 14.9 Å². The molecule has 0 aliphatic heterocycles. The van der Waals surface area contributed by atoms with E-state index < -0.39 is 0 Å². The Morgan fingerprint density at radius 1 is 0.606 bits per heavy atom. The molecule has 2 heterocycles. The Morgan fingerprint density at radius 2 is 1.12 bits per heavy atom. The van der Waals surface area contributed by atoms with Crippen molar-refractivity contribution < 1.29 is 4.92 Å². The zero-order valence-corrected chi connectivity index (χ0v) is 18.9. The molecule has 0 bridgehead atoms. The number of aromatic nitrogens is 2. The lowest BCUT2D eigenvalue weighted by Crippen LogP contribution is -1.85. The van der Waals surface area contributed by atoms with Crippen LogP contribution < -0.4 is 0 Å². The maximum absolute atomic E-state index is 10.7. The van der Waals surface area contributed by atoms with E-state index in [0.717, 1.165) is 31.3 Å². The van der Waals surface area contributed by atoms with Gasteiger partial charge < -0.3 is 0 Å². The lowest BCUT2D eigenvalue weighted by Gasteiger charge is -1.92. The van der Waals surface area contributed by atoms with Crippen molar-refractivity contribution in [3.8, 4) is 21.1 Å². The van der Waals surface area contributed by atoms with Crippen LogP contribution in [0.4, 0.5) is 5.69 Å². The van der Waals surface area contributed by atoms with Crippen LogP contribution >= 0.6 is 22.7 Å². The fourth-order valence-electron chi connectivity index (χ4n) is 3.31. The second-order valence-electron chi connectivity index (χ2n) is 7.15. The van der Waals surface area contributed by atoms with Gasteiger partial charge in [0.15, 0.2) is 0 Å². The lowest BCUT2D eigenvalue weighted by atomic mass is 10.2. The summed E-state index contributed by atoms with van der Waals surface area (Å²) in [7, 11) is 0. The van der Waals surface area contributed by atoms with Crippen LogP contribution in [0, 0.1) is 10.1 Å². The number of benzene rings is 4. The highest BCUT2D eigenvalue weighted by molar-refractivity contribution is 7.22. The number of hydrogen-bond acceptors (Lipinski definition) is 6. The normalized spacial score (nSPS) is 10.7. The Hall–Kier alpha value is -3.94. The molecule has 0 N–H and O–H groups in total. The molecular formula is C26H17N3O2S2. The van der Waals surface area contributed by atoms with Crippen LogP contribution in [0.3, 0.4) is 0 Å². The quantitative estimate of drug-likeness (QED) is 0.196. The first-order valence-electron chi connectivity index (χ1n) is 10.2. The smallest absolute Gasteiger partial charge is 0.258 e. The predicted octanol–water partition coefficient (Wildman–Crippen LogP) is 7.83. The van der Waals surface area contributed by atoms with Crippen LogP contribution in [0.2, 0.25) is 0 Å². The van der Waals surface area contributed by atoms with Gasteiger partial charge >= 0.3 is 0 Å². The lowest BCUT2D eigenvalue weighted by molar-refractivity contribution is -0.384. The largest absolute Gasteiger partial charge is 0.270 e. The number of para-hydroxylation sites is 1. The van der Waals surface area contributed by atoms with Gasteiger partial charge in [0.2, 0.25) is 0 Å². The predicted molar refractivity (Wildman–Crippen MR) is 137 cm³/mol. The highest BCUT2D eigenvalue weighted by Gasteiger charge is 2.11. The molecule has 2 aromatic heterocycles. The van der Waals surface area contributed by atoms with Crippen LogP contribution in [-0.2, 0) is 0 Å². The van der Waals surface area contributed by atoms with E-state index in [1.807, 2.05) is 54.6 Å². The molecule has 0 amide bonds. The fourth-order valence-corrected chi connectivity index (χ4v) is 5.28. The number of nitro groups is 1. The third kappa shape index (κ3) is 4.64. The summed E-state index contributed by atoms with van der Waals surface area (Å²) in [6, 6.07) is 33.1. The number of fused-ring (bicyclic) bond motifs is 2. The summed E-state index contributed by atoms with van der Waals surface area (Å²) < 4.78 is 2.08. The summed E-state index contributed by atoms with van der Waals surface area (Å²) >= 11 is 3.21. The third-order valence-electron chi connectivity index (χ3n) is 4.92. The van der Waals surface area contributed by atoms with Crippen LogP contribution in [0.15, 0.2) is 103 Å². The minimum atomic E-state index is -0.388. The van der Waals surface area contributed by atoms with Gasteiger partial charge in [0.1, 0.15) is 10.0 Å². The summed E-state index contributed by atoms with van der Waals surface area (Å²) in [6.45, 7) is 0. The van der Waals surface area contributed by atoms with E-state index in [1.165, 1.54) is 27.7 Å². The van der Waals surface area contributed by atoms with Crippen molar-refractivity contribution in [1.82, 2.24) is 9.97 Å². The molecule has 4 aromatic carbocycles. The molecule has 5 nitrogen and oxygen atoms in total. The van der Waals surface area contributed by atoms with Gasteiger partial charge in [-0.2, -0.15) is 0 Å². The van der Waals surface area contributed by atoms with Crippen molar-refractivity contribution in [1.29, 1.82) is 0 Å². The molecule has 7 heteroatoms. The van der Waals surface area contributed by atoms with Crippen molar-refractivity contribution >= 4 is 48.8 Å². The molecule has 0 saturated carbocycles.